The number of hydrogen-bond acceptors (Lipinski definition) is 15. The van der Waals surface area contributed by atoms with Crippen molar-refractivity contribution in [3.05, 3.63) is 0 Å². The second-order valence-electron chi connectivity index (χ2n) is 23.9. The van der Waals surface area contributed by atoms with Crippen LogP contribution >= 0.6 is 15.6 Å². The summed E-state index contributed by atoms with van der Waals surface area (Å²) >= 11 is 0. The maximum atomic E-state index is 13.0. The van der Waals surface area contributed by atoms with Crippen LogP contribution in [-0.4, -0.2) is 96.7 Å². The number of carbonyl (C=O) groups is 4. The molecule has 0 bridgehead atoms. The summed E-state index contributed by atoms with van der Waals surface area (Å²) in [5.74, 6) is -2.14. The number of phosphoric acid groups is 2. The predicted octanol–water partition coefficient (Wildman–Crippen LogP) is 18.7. The van der Waals surface area contributed by atoms with Crippen LogP contribution in [0.25, 0.3) is 0 Å². The van der Waals surface area contributed by atoms with E-state index in [0.717, 1.165) is 109 Å². The third-order valence-corrected chi connectivity index (χ3v) is 17.3. The van der Waals surface area contributed by atoms with Crippen molar-refractivity contribution in [1.82, 2.24) is 0 Å². The highest BCUT2D eigenvalue weighted by Gasteiger charge is 2.30. The Kier molecular flexibility index (Phi) is 59.6. The maximum absolute atomic E-state index is 13.0. The molecule has 0 aromatic rings. The third-order valence-electron chi connectivity index (χ3n) is 15.4. The highest BCUT2D eigenvalue weighted by molar-refractivity contribution is 7.47. The maximum Gasteiger partial charge on any atom is 0.472 e. The van der Waals surface area contributed by atoms with Crippen molar-refractivity contribution in [1.29, 1.82) is 0 Å². The Hall–Kier alpha value is -1.94. The molecule has 0 aromatic heterocycles. The molecule has 17 nitrogen and oxygen atoms in total. The normalized spacial score (nSPS) is 14.1. The molecule has 0 aliphatic heterocycles. The van der Waals surface area contributed by atoms with Crippen molar-refractivity contribution >= 4 is 39.5 Å². The summed E-state index contributed by atoms with van der Waals surface area (Å²) in [6.45, 7) is 4.77. The van der Waals surface area contributed by atoms with Gasteiger partial charge in [-0.3, -0.25) is 37.3 Å². The van der Waals surface area contributed by atoms with Gasteiger partial charge in [0.05, 0.1) is 26.4 Å². The summed E-state index contributed by atoms with van der Waals surface area (Å²) in [6, 6.07) is 0. The summed E-state index contributed by atoms with van der Waals surface area (Å²) in [4.78, 5) is 71.9. The molecule has 0 fully saturated rings. The van der Waals surface area contributed by atoms with Crippen molar-refractivity contribution < 1.29 is 80.2 Å². The zero-order chi connectivity index (χ0) is 62.6. The molecular formula is C66H128O17P2. The molecule has 0 aliphatic carbocycles. The summed E-state index contributed by atoms with van der Waals surface area (Å²) in [5, 5.41) is 10.5. The fourth-order valence-corrected chi connectivity index (χ4v) is 11.6. The van der Waals surface area contributed by atoms with Gasteiger partial charge in [-0.25, -0.2) is 9.13 Å². The third kappa shape index (κ3) is 60.7. The average Bonchev–Trinajstić information content (AvgIpc) is 3.48. The van der Waals surface area contributed by atoms with Crippen molar-refractivity contribution in [2.45, 2.75) is 361 Å². The minimum absolute atomic E-state index is 0.103. The number of esters is 4. The van der Waals surface area contributed by atoms with E-state index in [0.29, 0.717) is 25.7 Å². The fraction of sp³-hybridized carbons (Fsp3) is 0.939. The smallest absolute Gasteiger partial charge is 0.462 e. The number of rotatable bonds is 67. The number of unbranched alkanes of at least 4 members (excludes halogenated alkanes) is 41. The number of ether oxygens (including phenoxy) is 4. The van der Waals surface area contributed by atoms with Gasteiger partial charge in [0, 0.05) is 25.7 Å². The number of phosphoric ester groups is 2. The van der Waals surface area contributed by atoms with E-state index in [2.05, 4.69) is 27.7 Å². The summed E-state index contributed by atoms with van der Waals surface area (Å²) < 4.78 is 67.7. The minimum Gasteiger partial charge on any atom is -0.462 e. The van der Waals surface area contributed by atoms with Crippen LogP contribution in [0, 0.1) is 0 Å². The van der Waals surface area contributed by atoms with E-state index in [1.165, 1.54) is 154 Å². The topological polar surface area (TPSA) is 237 Å². The molecule has 5 atom stereocenters. The monoisotopic (exact) mass is 1250 g/mol. The van der Waals surface area contributed by atoms with Crippen LogP contribution in [0.2, 0.25) is 0 Å². The lowest BCUT2D eigenvalue weighted by atomic mass is 10.0. The predicted molar refractivity (Wildman–Crippen MR) is 340 cm³/mol. The van der Waals surface area contributed by atoms with Gasteiger partial charge in [-0.1, -0.05) is 291 Å². The molecule has 0 radical (unpaired) electrons. The second kappa shape index (κ2) is 60.9. The van der Waals surface area contributed by atoms with E-state index in [-0.39, 0.29) is 25.7 Å². The Morgan fingerprint density at radius 3 is 0.694 bits per heavy atom. The molecule has 3 N–H and O–H groups in total. The molecule has 2 unspecified atom stereocenters. The molecule has 0 saturated heterocycles. The molecule has 85 heavy (non-hydrogen) atoms. The van der Waals surface area contributed by atoms with Crippen molar-refractivity contribution in [2.75, 3.05) is 39.6 Å². The Labute approximate surface area is 517 Å². The van der Waals surface area contributed by atoms with Crippen molar-refractivity contribution in [3.8, 4) is 0 Å². The lowest BCUT2D eigenvalue weighted by Gasteiger charge is -2.21. The summed E-state index contributed by atoms with van der Waals surface area (Å²) in [7, 11) is -9.87. The first-order valence-corrected chi connectivity index (χ1v) is 37.8. The van der Waals surface area contributed by atoms with E-state index < -0.39 is 97.5 Å². The Balaban J connectivity index is 5.06. The number of aliphatic hydroxyl groups excluding tert-OH is 1. The summed E-state index contributed by atoms with van der Waals surface area (Å²) in [5.41, 5.74) is 0. The molecule has 19 heteroatoms. The zero-order valence-electron chi connectivity index (χ0n) is 54.6. The summed E-state index contributed by atoms with van der Waals surface area (Å²) in [6.07, 6.45) is 47.9. The first-order chi connectivity index (χ1) is 41.2. The number of carbonyl (C=O) groups excluding carboxylic acids is 4. The van der Waals surface area contributed by atoms with Crippen molar-refractivity contribution in [3.63, 3.8) is 0 Å². The Morgan fingerprint density at radius 2 is 0.471 bits per heavy atom. The molecule has 0 saturated carbocycles. The quantitative estimate of drug-likeness (QED) is 0.0222. The molecule has 0 amide bonds. The lowest BCUT2D eigenvalue weighted by molar-refractivity contribution is -0.161. The highest BCUT2D eigenvalue weighted by atomic mass is 31.2. The molecular weight excluding hydrogens is 1130 g/mol. The van der Waals surface area contributed by atoms with E-state index in [9.17, 15) is 43.2 Å². The Morgan fingerprint density at radius 1 is 0.282 bits per heavy atom. The van der Waals surface area contributed by atoms with E-state index in [4.69, 9.17) is 37.0 Å². The fourth-order valence-electron chi connectivity index (χ4n) is 9.99. The Bertz CT molecular complexity index is 1640. The van der Waals surface area contributed by atoms with Gasteiger partial charge in [0.15, 0.2) is 12.2 Å². The molecule has 0 aliphatic rings. The SMILES string of the molecule is CCCCCCCCCCCCCCCCCCCCCCCC(=O)O[C@H](COC(=O)CCCCCCCCCCCCCC)COP(=O)(O)OC[C@@H](O)COP(=O)(O)OC[C@@H](COC(=O)CCCCCCC)OC(=O)CCCCCCCCC. The van der Waals surface area contributed by atoms with Crippen molar-refractivity contribution in [2.24, 2.45) is 0 Å². The van der Waals surface area contributed by atoms with Gasteiger partial charge in [0.1, 0.15) is 19.3 Å². The molecule has 0 aromatic carbocycles. The van der Waals surface area contributed by atoms with Gasteiger partial charge in [-0.2, -0.15) is 0 Å². The van der Waals surface area contributed by atoms with E-state index in [1.807, 2.05) is 0 Å². The second-order valence-corrected chi connectivity index (χ2v) is 26.8. The van der Waals surface area contributed by atoms with Gasteiger partial charge < -0.3 is 33.8 Å². The standard InChI is InChI=1S/C66H128O17P2/c1-5-9-13-17-20-22-24-26-27-28-29-30-31-32-33-34-36-38-41-45-49-53-66(71)83-62(57-77-64(69)51-47-43-40-37-35-25-23-21-18-14-10-6-2)59-81-85(74,75)79-55-60(67)54-78-84(72,73)80-58-61(56-76-63(68)50-46-42-16-12-8-4)82-65(70)52-48-44-39-19-15-11-7-3/h60-62,67H,5-59H2,1-4H3,(H,72,73)(H,74,75)/t60-,61+,62+/m0/s1. The van der Waals surface area contributed by atoms with Gasteiger partial charge in [-0.05, 0) is 25.7 Å². The molecule has 0 rings (SSSR count). The largest absolute Gasteiger partial charge is 0.472 e. The molecule has 0 heterocycles. The number of aliphatic hydroxyl groups is 1. The van der Waals surface area contributed by atoms with Gasteiger partial charge in [-0.15, -0.1) is 0 Å². The van der Waals surface area contributed by atoms with Crippen LogP contribution in [0.5, 0.6) is 0 Å². The van der Waals surface area contributed by atoms with Crippen LogP contribution in [0.15, 0.2) is 0 Å². The first-order valence-electron chi connectivity index (χ1n) is 34.8. The van der Waals surface area contributed by atoms with Crippen LogP contribution in [-0.2, 0) is 65.4 Å². The molecule has 504 valence electrons. The van der Waals surface area contributed by atoms with Gasteiger partial charge in [0.2, 0.25) is 0 Å². The zero-order valence-corrected chi connectivity index (χ0v) is 56.4. The first kappa shape index (κ1) is 83.1. The average molecular weight is 1260 g/mol. The van der Waals surface area contributed by atoms with Gasteiger partial charge >= 0.3 is 39.5 Å². The van der Waals surface area contributed by atoms with Crippen LogP contribution in [0.4, 0.5) is 0 Å². The highest BCUT2D eigenvalue weighted by Crippen LogP contribution is 2.45. The number of hydrogen-bond donors (Lipinski definition) is 3. The van der Waals surface area contributed by atoms with E-state index >= 15 is 0 Å². The minimum atomic E-state index is -4.94. The van der Waals surface area contributed by atoms with Crippen LogP contribution in [0.3, 0.4) is 0 Å². The van der Waals surface area contributed by atoms with E-state index in [1.54, 1.807) is 0 Å². The molecule has 0 spiro atoms. The lowest BCUT2D eigenvalue weighted by Crippen LogP contribution is -2.30. The van der Waals surface area contributed by atoms with Gasteiger partial charge in [0.25, 0.3) is 0 Å². The van der Waals surface area contributed by atoms with Crippen LogP contribution < -0.4 is 0 Å². The van der Waals surface area contributed by atoms with Crippen LogP contribution in [0.1, 0.15) is 342 Å².